The lowest BCUT2D eigenvalue weighted by molar-refractivity contribution is -0.569. The molecular formula is C6H11N2O2+. The van der Waals surface area contributed by atoms with Gasteiger partial charge in [0.2, 0.25) is 0 Å². The van der Waals surface area contributed by atoms with Crippen LogP contribution in [0.2, 0.25) is 0 Å². The number of rotatable bonds is 1. The van der Waals surface area contributed by atoms with Gasteiger partial charge in [-0.1, -0.05) is 0 Å². The standard InChI is InChI=1S/C6H10N2O2/c1-3-8(2)5-4-7-6(9)10-5/h3,5H,4H2,1-2H3/p+1. The smallest absolute Gasteiger partial charge is 0.385 e. The van der Waals surface area contributed by atoms with Gasteiger partial charge in [0.15, 0.2) is 0 Å². The highest BCUT2D eigenvalue weighted by atomic mass is 16.6. The molecule has 1 unspecified atom stereocenters. The van der Waals surface area contributed by atoms with Crippen molar-refractivity contribution in [2.75, 3.05) is 13.6 Å². The molecule has 1 rings (SSSR count). The van der Waals surface area contributed by atoms with Crippen LogP contribution < -0.4 is 5.32 Å². The third-order valence-electron chi connectivity index (χ3n) is 1.53. The van der Waals surface area contributed by atoms with Gasteiger partial charge in [-0.2, -0.15) is 0 Å². The van der Waals surface area contributed by atoms with E-state index in [-0.39, 0.29) is 12.3 Å². The van der Waals surface area contributed by atoms with Gasteiger partial charge in [-0.15, -0.1) is 0 Å². The summed E-state index contributed by atoms with van der Waals surface area (Å²) in [4.78, 5) is 10.5. The Kier molecular flexibility index (Phi) is 1.89. The second kappa shape index (κ2) is 2.68. The van der Waals surface area contributed by atoms with Crippen LogP contribution in [-0.4, -0.2) is 36.7 Å². The largest absolute Gasteiger partial charge is 0.412 e. The second-order valence-electron chi connectivity index (χ2n) is 2.16. The first-order chi connectivity index (χ1) is 4.74. The molecule has 0 aromatic carbocycles. The molecule has 1 N–H and O–H groups in total. The minimum absolute atomic E-state index is 0.127. The maximum absolute atomic E-state index is 10.5. The van der Waals surface area contributed by atoms with Crippen LogP contribution in [0.25, 0.3) is 0 Å². The van der Waals surface area contributed by atoms with Crippen molar-refractivity contribution in [3.8, 4) is 0 Å². The van der Waals surface area contributed by atoms with Crippen LogP contribution in [0, 0.1) is 0 Å². The minimum Gasteiger partial charge on any atom is -0.385 e. The predicted octanol–water partition coefficient (Wildman–Crippen LogP) is -0.215. The Morgan fingerprint density at radius 3 is 3.00 bits per heavy atom. The molecule has 0 radical (unpaired) electrons. The molecule has 0 aliphatic carbocycles. The third kappa shape index (κ3) is 1.26. The average molecular weight is 143 g/mol. The summed E-state index contributed by atoms with van der Waals surface area (Å²) < 4.78 is 6.70. The monoisotopic (exact) mass is 143 g/mol. The van der Waals surface area contributed by atoms with Crippen molar-refractivity contribution >= 4 is 12.3 Å². The van der Waals surface area contributed by atoms with Crippen molar-refractivity contribution in [1.29, 1.82) is 0 Å². The Morgan fingerprint density at radius 1 is 1.90 bits per heavy atom. The lowest BCUT2D eigenvalue weighted by Crippen LogP contribution is -2.26. The Hall–Kier alpha value is -1.06. The zero-order valence-corrected chi connectivity index (χ0v) is 6.13. The molecule has 0 saturated carbocycles. The molecule has 56 valence electrons. The first-order valence-corrected chi connectivity index (χ1v) is 3.20. The fourth-order valence-electron chi connectivity index (χ4n) is 0.771. The van der Waals surface area contributed by atoms with Crippen molar-refractivity contribution < 1.29 is 14.1 Å². The molecule has 10 heavy (non-hydrogen) atoms. The van der Waals surface area contributed by atoms with E-state index in [2.05, 4.69) is 5.32 Å². The molecule has 0 bridgehead atoms. The maximum Gasteiger partial charge on any atom is 0.412 e. The second-order valence-corrected chi connectivity index (χ2v) is 2.16. The van der Waals surface area contributed by atoms with Crippen LogP contribution in [0.5, 0.6) is 0 Å². The van der Waals surface area contributed by atoms with Crippen molar-refractivity contribution in [2.45, 2.75) is 13.2 Å². The Balaban J connectivity index is 2.52. The summed E-state index contributed by atoms with van der Waals surface area (Å²) in [5.74, 6) is 0. The lowest BCUT2D eigenvalue weighted by atomic mass is 10.5. The lowest BCUT2D eigenvalue weighted by Gasteiger charge is -2.00. The zero-order chi connectivity index (χ0) is 7.56. The van der Waals surface area contributed by atoms with E-state index < -0.39 is 0 Å². The zero-order valence-electron chi connectivity index (χ0n) is 6.13. The number of nitrogens with zero attached hydrogens (tertiary/aromatic N) is 1. The van der Waals surface area contributed by atoms with Crippen LogP contribution >= 0.6 is 0 Å². The van der Waals surface area contributed by atoms with Gasteiger partial charge in [0.05, 0.1) is 0 Å². The van der Waals surface area contributed by atoms with Gasteiger partial charge in [0.25, 0.3) is 0 Å². The van der Waals surface area contributed by atoms with Crippen molar-refractivity contribution in [3.63, 3.8) is 0 Å². The van der Waals surface area contributed by atoms with Crippen molar-refractivity contribution in [2.24, 2.45) is 0 Å². The molecule has 1 aliphatic heterocycles. The van der Waals surface area contributed by atoms with Gasteiger partial charge in [-0.05, 0) is 0 Å². The molecule has 4 nitrogen and oxygen atoms in total. The summed E-state index contributed by atoms with van der Waals surface area (Å²) in [6.45, 7) is 2.46. The summed E-state index contributed by atoms with van der Waals surface area (Å²) in [6, 6.07) is 0. The Bertz CT molecular complexity index is 177. The number of ether oxygens (including phenoxy) is 1. The summed E-state index contributed by atoms with van der Waals surface area (Å²) >= 11 is 0. The van der Waals surface area contributed by atoms with Gasteiger partial charge in [-0.25, -0.2) is 9.37 Å². The van der Waals surface area contributed by atoms with Gasteiger partial charge >= 0.3 is 12.3 Å². The Labute approximate surface area is 59.5 Å². The third-order valence-corrected chi connectivity index (χ3v) is 1.53. The molecule has 0 aromatic rings. The van der Waals surface area contributed by atoms with Crippen LogP contribution in [0.15, 0.2) is 0 Å². The fourth-order valence-corrected chi connectivity index (χ4v) is 0.771. The number of carbonyl (C=O) groups excluding carboxylic acids is 1. The first kappa shape index (κ1) is 7.05. The van der Waals surface area contributed by atoms with E-state index in [4.69, 9.17) is 4.74 Å². The molecule has 1 fully saturated rings. The van der Waals surface area contributed by atoms with Crippen molar-refractivity contribution in [3.05, 3.63) is 0 Å². The number of hydrogen-bond donors (Lipinski definition) is 1. The van der Waals surface area contributed by atoms with Crippen LogP contribution in [-0.2, 0) is 4.74 Å². The van der Waals surface area contributed by atoms with Crippen LogP contribution in [0.4, 0.5) is 4.79 Å². The minimum atomic E-state index is -0.335. The topological polar surface area (TPSA) is 41.3 Å². The van der Waals surface area contributed by atoms with Gasteiger partial charge in [0.1, 0.15) is 19.8 Å². The summed E-state index contributed by atoms with van der Waals surface area (Å²) in [5, 5.41) is 2.56. The number of alkyl carbamates (subject to hydrolysis) is 1. The summed E-state index contributed by atoms with van der Waals surface area (Å²) in [6.07, 6.45) is 1.40. The van der Waals surface area contributed by atoms with E-state index in [1.165, 1.54) is 0 Å². The number of cyclic esters (lactones) is 1. The molecule has 1 aliphatic rings. The molecule has 1 saturated heterocycles. The number of amides is 1. The first-order valence-electron chi connectivity index (χ1n) is 3.20. The van der Waals surface area contributed by atoms with Crippen LogP contribution in [0.1, 0.15) is 6.92 Å². The van der Waals surface area contributed by atoms with E-state index in [9.17, 15) is 4.79 Å². The van der Waals surface area contributed by atoms with E-state index in [1.54, 1.807) is 0 Å². The fraction of sp³-hybridized carbons (Fsp3) is 0.667. The van der Waals surface area contributed by atoms with E-state index in [0.29, 0.717) is 6.54 Å². The summed E-state index contributed by atoms with van der Waals surface area (Å²) in [7, 11) is 1.87. The summed E-state index contributed by atoms with van der Waals surface area (Å²) in [5.41, 5.74) is 0. The van der Waals surface area contributed by atoms with E-state index in [1.807, 2.05) is 24.8 Å². The average Bonchev–Trinajstić information content (AvgIpc) is 2.34. The van der Waals surface area contributed by atoms with Crippen LogP contribution in [0.3, 0.4) is 0 Å². The van der Waals surface area contributed by atoms with Crippen molar-refractivity contribution in [1.82, 2.24) is 5.32 Å². The van der Waals surface area contributed by atoms with Gasteiger partial charge < -0.3 is 10.1 Å². The number of likely N-dealkylation sites (N-methyl/N-ethyl adjacent to an activating group) is 1. The predicted molar refractivity (Wildman–Crippen MR) is 36.2 cm³/mol. The van der Waals surface area contributed by atoms with E-state index in [0.717, 1.165) is 0 Å². The normalized spacial score (nSPS) is 26.0. The molecule has 1 atom stereocenters. The molecule has 1 amide bonds. The Morgan fingerprint density at radius 2 is 2.60 bits per heavy atom. The molecular weight excluding hydrogens is 132 g/mol. The number of hydrogen-bond acceptors (Lipinski definition) is 2. The quantitative estimate of drug-likeness (QED) is 0.407. The highest BCUT2D eigenvalue weighted by Gasteiger charge is 2.28. The highest BCUT2D eigenvalue weighted by Crippen LogP contribution is 1.98. The molecule has 0 spiro atoms. The SMILES string of the molecule is CC=[N+](C)C1CNC(=O)O1. The number of nitrogens with one attached hydrogen (secondary N) is 1. The number of carbonyl (C=O) groups is 1. The molecule has 0 aromatic heterocycles. The molecule has 4 heteroatoms. The maximum atomic E-state index is 10.5. The van der Waals surface area contributed by atoms with E-state index >= 15 is 0 Å². The highest BCUT2D eigenvalue weighted by molar-refractivity contribution is 5.69. The molecule has 1 heterocycles. The van der Waals surface area contributed by atoms with Gasteiger partial charge in [0, 0.05) is 6.92 Å². The van der Waals surface area contributed by atoms with Gasteiger partial charge in [-0.3, -0.25) is 0 Å².